The lowest BCUT2D eigenvalue weighted by Gasteiger charge is -2.18. The summed E-state index contributed by atoms with van der Waals surface area (Å²) < 4.78 is 16.7. The topological polar surface area (TPSA) is 78.9 Å². The molecule has 0 saturated carbocycles. The number of esters is 3. The second-order valence-corrected chi connectivity index (χ2v) is 17.0. The summed E-state index contributed by atoms with van der Waals surface area (Å²) in [4.78, 5) is 38.0. The normalized spacial score (nSPS) is 13.3. The van der Waals surface area contributed by atoms with E-state index < -0.39 is 12.1 Å². The van der Waals surface area contributed by atoms with Gasteiger partial charge in [0.15, 0.2) is 6.10 Å². The zero-order chi connectivity index (χ0) is 49.3. The number of allylic oxidation sites excluding steroid dienone is 24. The van der Waals surface area contributed by atoms with Gasteiger partial charge in [0.2, 0.25) is 0 Å². The second kappa shape index (κ2) is 54.9. The van der Waals surface area contributed by atoms with Gasteiger partial charge in [-0.05, 0) is 122 Å². The number of unbranched alkanes of at least 4 members (excludes halogenated alkanes) is 12. The molecule has 0 N–H and O–H groups in total. The molecule has 6 heteroatoms. The van der Waals surface area contributed by atoms with Gasteiger partial charge in [0, 0.05) is 19.3 Å². The molecule has 0 fully saturated rings. The molecule has 0 aromatic carbocycles. The molecule has 0 spiro atoms. The van der Waals surface area contributed by atoms with Gasteiger partial charge in [0.05, 0.1) is 0 Å². The van der Waals surface area contributed by atoms with Crippen LogP contribution in [0, 0.1) is 0 Å². The summed E-state index contributed by atoms with van der Waals surface area (Å²) in [5.74, 6) is -1.07. The smallest absolute Gasteiger partial charge is 0.306 e. The van der Waals surface area contributed by atoms with Crippen molar-refractivity contribution in [2.24, 2.45) is 0 Å². The van der Waals surface area contributed by atoms with E-state index in [0.717, 1.165) is 128 Å². The predicted molar refractivity (Wildman–Crippen MR) is 292 cm³/mol. The summed E-state index contributed by atoms with van der Waals surface area (Å²) in [6, 6.07) is 0. The van der Waals surface area contributed by atoms with E-state index in [9.17, 15) is 14.4 Å². The Morgan fingerprint density at radius 2 is 0.647 bits per heavy atom. The lowest BCUT2D eigenvalue weighted by molar-refractivity contribution is -0.166. The fraction of sp³-hybridized carbons (Fsp3) is 0.565. The fourth-order valence-corrected chi connectivity index (χ4v) is 6.62. The Hall–Kier alpha value is -4.71. The number of rotatable bonds is 46. The Kier molecular flexibility index (Phi) is 51.1. The third-order valence-electron chi connectivity index (χ3n) is 10.6. The van der Waals surface area contributed by atoms with Crippen LogP contribution in [0.2, 0.25) is 0 Å². The first-order valence-electron chi connectivity index (χ1n) is 26.9. The molecule has 0 amide bonds. The van der Waals surface area contributed by atoms with Crippen molar-refractivity contribution >= 4 is 17.9 Å². The first kappa shape index (κ1) is 63.3. The Morgan fingerprint density at radius 3 is 1.06 bits per heavy atom. The SMILES string of the molecule is CC/C=C\C/C=C\C/C=C\C/C=C\C/C=C\CCCCCC(=O)OCC(COC(=O)CCCCCCCC/C=C\C=C/CCCCC)OC(=O)CC/C=C\C/C=C\C/C=C\C/C=C\C/C=C\CC. The van der Waals surface area contributed by atoms with Crippen molar-refractivity contribution in [2.75, 3.05) is 13.2 Å². The molecule has 0 aliphatic carbocycles. The average Bonchev–Trinajstić information content (AvgIpc) is 3.34. The lowest BCUT2D eigenvalue weighted by Crippen LogP contribution is -2.30. The van der Waals surface area contributed by atoms with E-state index in [1.54, 1.807) is 0 Å². The molecule has 0 aromatic rings. The molecular weight excluding hydrogens is 841 g/mol. The highest BCUT2D eigenvalue weighted by molar-refractivity contribution is 5.71. The van der Waals surface area contributed by atoms with Gasteiger partial charge in [-0.2, -0.15) is 0 Å². The van der Waals surface area contributed by atoms with Crippen LogP contribution in [0.3, 0.4) is 0 Å². The molecule has 380 valence electrons. The van der Waals surface area contributed by atoms with E-state index in [-0.39, 0.29) is 31.6 Å². The minimum atomic E-state index is -0.843. The summed E-state index contributed by atoms with van der Waals surface area (Å²) >= 11 is 0. The summed E-state index contributed by atoms with van der Waals surface area (Å²) in [6.07, 6.45) is 78.4. The van der Waals surface area contributed by atoms with Crippen LogP contribution in [-0.4, -0.2) is 37.2 Å². The van der Waals surface area contributed by atoms with Gasteiger partial charge in [-0.25, -0.2) is 0 Å². The van der Waals surface area contributed by atoms with Gasteiger partial charge in [0.25, 0.3) is 0 Å². The predicted octanol–water partition coefficient (Wildman–Crippen LogP) is 18.0. The molecule has 0 bridgehead atoms. The standard InChI is InChI=1S/C62H96O6/c1-4-7-10-13-16-19-22-25-28-30-31-32-35-37-40-43-46-49-52-55-61(64)67-58-59(57-66-60(63)54-51-48-45-42-39-36-33-27-24-21-18-15-12-9-6-3)68-62(65)56-53-50-47-44-41-38-34-29-26-23-20-17-14-11-8-5-2/h7-8,10-11,16-21,24-29,31-32,37-38,40-41,47,50,59H,4-6,9,12-15,22-23,30,33-36,39,42-46,48-49,51-58H2,1-3H3/b10-7-,11-8-,19-16-,20-17-,21-18-,27-24-,28-25-,29-26-,32-31-,40-37-,41-38-,50-47-. The van der Waals surface area contributed by atoms with Crippen molar-refractivity contribution in [1.82, 2.24) is 0 Å². The third-order valence-corrected chi connectivity index (χ3v) is 10.6. The molecule has 0 rings (SSSR count). The van der Waals surface area contributed by atoms with Crippen LogP contribution in [-0.2, 0) is 28.6 Å². The number of hydrogen-bond acceptors (Lipinski definition) is 6. The number of carbonyl (C=O) groups is 3. The number of carbonyl (C=O) groups excluding carboxylic acids is 3. The van der Waals surface area contributed by atoms with Crippen molar-refractivity contribution in [3.05, 3.63) is 146 Å². The van der Waals surface area contributed by atoms with E-state index in [1.807, 2.05) is 12.2 Å². The molecule has 1 unspecified atom stereocenters. The van der Waals surface area contributed by atoms with Crippen LogP contribution in [0.5, 0.6) is 0 Å². The third kappa shape index (κ3) is 52.3. The maximum Gasteiger partial charge on any atom is 0.306 e. The van der Waals surface area contributed by atoms with Gasteiger partial charge in [-0.15, -0.1) is 0 Å². The fourth-order valence-electron chi connectivity index (χ4n) is 6.62. The minimum Gasteiger partial charge on any atom is -0.462 e. The van der Waals surface area contributed by atoms with Gasteiger partial charge in [-0.3, -0.25) is 14.4 Å². The van der Waals surface area contributed by atoms with Crippen molar-refractivity contribution < 1.29 is 28.6 Å². The zero-order valence-corrected chi connectivity index (χ0v) is 43.3. The van der Waals surface area contributed by atoms with Crippen LogP contribution in [0.1, 0.15) is 207 Å². The van der Waals surface area contributed by atoms with Gasteiger partial charge in [-0.1, -0.05) is 212 Å². The maximum absolute atomic E-state index is 12.8. The largest absolute Gasteiger partial charge is 0.462 e. The van der Waals surface area contributed by atoms with Crippen LogP contribution in [0.25, 0.3) is 0 Å². The summed E-state index contributed by atoms with van der Waals surface area (Å²) in [5, 5.41) is 0. The molecule has 0 radical (unpaired) electrons. The van der Waals surface area contributed by atoms with Gasteiger partial charge in [0.1, 0.15) is 13.2 Å². The molecule has 6 nitrogen and oxygen atoms in total. The average molecular weight is 937 g/mol. The van der Waals surface area contributed by atoms with Gasteiger partial charge >= 0.3 is 17.9 Å². The van der Waals surface area contributed by atoms with Crippen LogP contribution in [0.4, 0.5) is 0 Å². The maximum atomic E-state index is 12.8. The second-order valence-electron chi connectivity index (χ2n) is 17.0. The quantitative estimate of drug-likeness (QED) is 0.0199. The molecule has 68 heavy (non-hydrogen) atoms. The monoisotopic (exact) mass is 937 g/mol. The summed E-state index contributed by atoms with van der Waals surface area (Å²) in [6.45, 7) is 6.26. The summed E-state index contributed by atoms with van der Waals surface area (Å²) in [7, 11) is 0. The molecule has 1 atom stereocenters. The van der Waals surface area contributed by atoms with Crippen molar-refractivity contribution in [2.45, 2.75) is 213 Å². The van der Waals surface area contributed by atoms with Crippen molar-refractivity contribution in [1.29, 1.82) is 0 Å². The van der Waals surface area contributed by atoms with E-state index in [4.69, 9.17) is 14.2 Å². The Morgan fingerprint density at radius 1 is 0.324 bits per heavy atom. The lowest BCUT2D eigenvalue weighted by atomic mass is 10.1. The highest BCUT2D eigenvalue weighted by Gasteiger charge is 2.19. The van der Waals surface area contributed by atoms with Crippen molar-refractivity contribution in [3.63, 3.8) is 0 Å². The highest BCUT2D eigenvalue weighted by atomic mass is 16.6. The molecule has 0 aromatic heterocycles. The van der Waals surface area contributed by atoms with Crippen molar-refractivity contribution in [3.8, 4) is 0 Å². The first-order chi connectivity index (χ1) is 33.5. The van der Waals surface area contributed by atoms with E-state index in [2.05, 4.69) is 154 Å². The Labute approximate surface area is 417 Å². The van der Waals surface area contributed by atoms with Crippen LogP contribution in [0.15, 0.2) is 146 Å². The minimum absolute atomic E-state index is 0.131. The number of hydrogen-bond donors (Lipinski definition) is 0. The van der Waals surface area contributed by atoms with E-state index in [1.165, 1.54) is 32.1 Å². The first-order valence-corrected chi connectivity index (χ1v) is 26.9. The molecule has 0 aliphatic heterocycles. The van der Waals surface area contributed by atoms with E-state index in [0.29, 0.717) is 19.3 Å². The summed E-state index contributed by atoms with van der Waals surface area (Å²) in [5.41, 5.74) is 0. The molecule has 0 heterocycles. The van der Waals surface area contributed by atoms with Gasteiger partial charge < -0.3 is 14.2 Å². The highest BCUT2D eigenvalue weighted by Crippen LogP contribution is 2.12. The Bertz CT molecular complexity index is 1540. The van der Waals surface area contributed by atoms with Crippen LogP contribution >= 0.6 is 0 Å². The van der Waals surface area contributed by atoms with Crippen LogP contribution < -0.4 is 0 Å². The Balaban J connectivity index is 4.60. The number of ether oxygens (including phenoxy) is 3. The van der Waals surface area contributed by atoms with E-state index >= 15 is 0 Å². The molecule has 0 aliphatic rings. The zero-order valence-electron chi connectivity index (χ0n) is 43.3. The molecular formula is C62H96O6. The molecule has 0 saturated heterocycles.